The van der Waals surface area contributed by atoms with Crippen molar-refractivity contribution >= 4 is 23.2 Å². The van der Waals surface area contributed by atoms with Gasteiger partial charge < -0.3 is 16.0 Å². The van der Waals surface area contributed by atoms with Crippen LogP contribution in [0.3, 0.4) is 0 Å². The molecule has 154 valence electrons. The van der Waals surface area contributed by atoms with E-state index in [-0.39, 0.29) is 17.9 Å². The zero-order valence-electron chi connectivity index (χ0n) is 17.0. The fourth-order valence-corrected chi connectivity index (χ4v) is 3.49. The molecule has 0 aromatic heterocycles. The van der Waals surface area contributed by atoms with E-state index >= 15 is 0 Å². The Morgan fingerprint density at radius 1 is 1.00 bits per heavy atom. The van der Waals surface area contributed by atoms with E-state index in [1.165, 1.54) is 0 Å². The predicted molar refractivity (Wildman–Crippen MR) is 116 cm³/mol. The van der Waals surface area contributed by atoms with Crippen LogP contribution in [0.2, 0.25) is 0 Å². The Labute approximate surface area is 172 Å². The third kappa shape index (κ3) is 6.32. The van der Waals surface area contributed by atoms with Gasteiger partial charge in [0.15, 0.2) is 0 Å². The molecular weight excluding hydrogens is 364 g/mol. The Morgan fingerprint density at radius 2 is 1.69 bits per heavy atom. The normalized spacial score (nSPS) is 14.9. The van der Waals surface area contributed by atoms with Crippen molar-refractivity contribution in [1.29, 1.82) is 0 Å². The topological polar surface area (TPSA) is 73.5 Å². The van der Waals surface area contributed by atoms with Gasteiger partial charge in [0.2, 0.25) is 5.91 Å². The highest BCUT2D eigenvalue weighted by Crippen LogP contribution is 2.21. The molecule has 0 unspecified atom stereocenters. The van der Waals surface area contributed by atoms with Crippen molar-refractivity contribution in [1.82, 2.24) is 15.5 Å². The van der Waals surface area contributed by atoms with E-state index in [0.29, 0.717) is 12.1 Å². The largest absolute Gasteiger partial charge is 0.355 e. The van der Waals surface area contributed by atoms with E-state index in [4.69, 9.17) is 0 Å². The summed E-state index contributed by atoms with van der Waals surface area (Å²) in [6.45, 7) is 4.83. The molecule has 2 aromatic rings. The monoisotopic (exact) mass is 394 g/mol. The van der Waals surface area contributed by atoms with Gasteiger partial charge in [0.25, 0.3) is 5.91 Å². The molecule has 1 fully saturated rings. The Balaban J connectivity index is 1.52. The maximum atomic E-state index is 12.9. The first-order chi connectivity index (χ1) is 14.2. The van der Waals surface area contributed by atoms with Crippen LogP contribution in [-0.2, 0) is 4.79 Å². The quantitative estimate of drug-likeness (QED) is 0.643. The first-order valence-electron chi connectivity index (χ1n) is 10.4. The molecule has 6 heteroatoms. The summed E-state index contributed by atoms with van der Waals surface area (Å²) < 4.78 is 0. The van der Waals surface area contributed by atoms with E-state index in [2.05, 4.69) is 20.9 Å². The van der Waals surface area contributed by atoms with E-state index in [0.717, 1.165) is 50.3 Å². The predicted octanol–water partition coefficient (Wildman–Crippen LogP) is 3.15. The maximum absolute atomic E-state index is 12.9. The van der Waals surface area contributed by atoms with Crippen LogP contribution < -0.4 is 16.0 Å². The van der Waals surface area contributed by atoms with Crippen LogP contribution in [0.4, 0.5) is 11.4 Å². The molecule has 1 aliphatic rings. The van der Waals surface area contributed by atoms with Crippen LogP contribution >= 0.6 is 0 Å². The lowest BCUT2D eigenvalue weighted by Gasteiger charge is -2.32. The van der Waals surface area contributed by atoms with E-state index < -0.39 is 0 Å². The summed E-state index contributed by atoms with van der Waals surface area (Å²) in [7, 11) is 0. The second-order valence-corrected chi connectivity index (χ2v) is 7.41. The fourth-order valence-electron chi connectivity index (χ4n) is 3.49. The van der Waals surface area contributed by atoms with Crippen LogP contribution in [0.25, 0.3) is 0 Å². The van der Waals surface area contributed by atoms with Gasteiger partial charge in [0, 0.05) is 31.4 Å². The molecule has 2 amide bonds. The second kappa shape index (κ2) is 10.6. The number of benzene rings is 2. The van der Waals surface area contributed by atoms with Gasteiger partial charge in [-0.25, -0.2) is 0 Å². The van der Waals surface area contributed by atoms with Crippen molar-refractivity contribution in [3.8, 4) is 0 Å². The number of amides is 2. The van der Waals surface area contributed by atoms with Gasteiger partial charge in [-0.3, -0.25) is 14.5 Å². The molecule has 1 aliphatic heterocycles. The molecule has 1 heterocycles. The summed E-state index contributed by atoms with van der Waals surface area (Å²) in [4.78, 5) is 26.9. The molecule has 0 bridgehead atoms. The van der Waals surface area contributed by atoms with E-state index in [1.54, 1.807) is 0 Å². The number of piperidine rings is 1. The number of para-hydroxylation sites is 2. The van der Waals surface area contributed by atoms with Crippen molar-refractivity contribution in [2.75, 3.05) is 31.5 Å². The minimum atomic E-state index is -0.0665. The average molecular weight is 395 g/mol. The molecule has 29 heavy (non-hydrogen) atoms. The van der Waals surface area contributed by atoms with Crippen LogP contribution in [0.5, 0.6) is 0 Å². The van der Waals surface area contributed by atoms with Crippen LogP contribution in [0.15, 0.2) is 54.6 Å². The van der Waals surface area contributed by atoms with Gasteiger partial charge in [0.05, 0.1) is 17.8 Å². The Bertz CT molecular complexity index is 802. The number of carbonyl (C=O) groups excluding carboxylic acids is 2. The summed E-state index contributed by atoms with van der Waals surface area (Å²) in [5, 5.41) is 9.40. The van der Waals surface area contributed by atoms with Crippen LogP contribution in [0, 0.1) is 0 Å². The minimum absolute atomic E-state index is 0.0665. The molecular formula is C23H30N4O2. The molecule has 2 aromatic carbocycles. The molecule has 3 rings (SSSR count). The number of nitrogens with one attached hydrogen (secondary N) is 3. The highest BCUT2D eigenvalue weighted by molar-refractivity contribution is 6.00. The summed E-state index contributed by atoms with van der Waals surface area (Å²) in [6.07, 6.45) is 2.64. The minimum Gasteiger partial charge on any atom is -0.355 e. The average Bonchev–Trinajstić information content (AvgIpc) is 2.75. The number of hydrogen-bond acceptors (Lipinski definition) is 4. The third-order valence-electron chi connectivity index (χ3n) is 5.09. The standard InChI is InChI=1S/C23H30N4O2/c1-2-14-24-22(28)17-27-15-12-19(13-16-27)26-23(29)20-10-6-7-11-21(20)25-18-8-4-3-5-9-18/h3-11,19,25H,2,12-17H2,1H3,(H,24,28)(H,26,29). The Kier molecular flexibility index (Phi) is 7.64. The van der Waals surface area contributed by atoms with Gasteiger partial charge >= 0.3 is 0 Å². The lowest BCUT2D eigenvalue weighted by molar-refractivity contribution is -0.122. The van der Waals surface area contributed by atoms with E-state index in [1.807, 2.05) is 61.5 Å². The van der Waals surface area contributed by atoms with Crippen molar-refractivity contribution in [2.45, 2.75) is 32.2 Å². The first kappa shape index (κ1) is 20.9. The highest BCUT2D eigenvalue weighted by Gasteiger charge is 2.23. The maximum Gasteiger partial charge on any atom is 0.253 e. The molecule has 1 saturated heterocycles. The molecule has 0 saturated carbocycles. The fraction of sp³-hybridized carbons (Fsp3) is 0.391. The zero-order chi connectivity index (χ0) is 20.5. The summed E-state index contributed by atoms with van der Waals surface area (Å²) in [5.41, 5.74) is 2.38. The highest BCUT2D eigenvalue weighted by atomic mass is 16.2. The van der Waals surface area contributed by atoms with Gasteiger partial charge in [-0.15, -0.1) is 0 Å². The summed E-state index contributed by atoms with van der Waals surface area (Å²) >= 11 is 0. The van der Waals surface area contributed by atoms with Crippen molar-refractivity contribution in [3.05, 3.63) is 60.2 Å². The molecule has 0 spiro atoms. The van der Waals surface area contributed by atoms with Crippen molar-refractivity contribution in [2.24, 2.45) is 0 Å². The van der Waals surface area contributed by atoms with Crippen molar-refractivity contribution in [3.63, 3.8) is 0 Å². The number of nitrogens with zero attached hydrogens (tertiary/aromatic N) is 1. The number of rotatable bonds is 8. The molecule has 0 aliphatic carbocycles. The SMILES string of the molecule is CCCNC(=O)CN1CCC(NC(=O)c2ccccc2Nc2ccccc2)CC1. The Hall–Kier alpha value is -2.86. The lowest BCUT2D eigenvalue weighted by Crippen LogP contribution is -2.47. The molecule has 0 atom stereocenters. The van der Waals surface area contributed by atoms with Gasteiger partial charge in [-0.1, -0.05) is 37.3 Å². The van der Waals surface area contributed by atoms with Gasteiger partial charge in [-0.05, 0) is 43.5 Å². The van der Waals surface area contributed by atoms with E-state index in [9.17, 15) is 9.59 Å². The number of carbonyl (C=O) groups is 2. The third-order valence-corrected chi connectivity index (χ3v) is 5.09. The first-order valence-corrected chi connectivity index (χ1v) is 10.4. The second-order valence-electron chi connectivity index (χ2n) is 7.41. The number of hydrogen-bond donors (Lipinski definition) is 3. The summed E-state index contributed by atoms with van der Waals surface area (Å²) in [6, 6.07) is 17.5. The van der Waals surface area contributed by atoms with Gasteiger partial charge in [0.1, 0.15) is 0 Å². The molecule has 0 radical (unpaired) electrons. The molecule has 3 N–H and O–H groups in total. The van der Waals surface area contributed by atoms with Gasteiger partial charge in [-0.2, -0.15) is 0 Å². The molecule has 6 nitrogen and oxygen atoms in total. The Morgan fingerprint density at radius 3 is 2.41 bits per heavy atom. The summed E-state index contributed by atoms with van der Waals surface area (Å²) in [5.74, 6) is 0.0124. The zero-order valence-corrected chi connectivity index (χ0v) is 17.0. The number of anilines is 2. The number of likely N-dealkylation sites (tertiary alicyclic amines) is 1. The lowest BCUT2D eigenvalue weighted by atomic mass is 10.0. The van der Waals surface area contributed by atoms with Crippen molar-refractivity contribution < 1.29 is 9.59 Å². The van der Waals surface area contributed by atoms with Crippen LogP contribution in [0.1, 0.15) is 36.5 Å². The van der Waals surface area contributed by atoms with Crippen LogP contribution in [-0.4, -0.2) is 48.9 Å². The smallest absolute Gasteiger partial charge is 0.253 e.